The monoisotopic (exact) mass is 333 g/mol. The highest BCUT2D eigenvalue weighted by Gasteiger charge is 2.53. The lowest BCUT2D eigenvalue weighted by molar-refractivity contribution is -0.139. The highest BCUT2D eigenvalue weighted by atomic mass is 16.5. The minimum atomic E-state index is -0.951. The summed E-state index contributed by atoms with van der Waals surface area (Å²) in [6.45, 7) is 2.43. The van der Waals surface area contributed by atoms with Gasteiger partial charge in [0.1, 0.15) is 5.54 Å². The van der Waals surface area contributed by atoms with E-state index < -0.39 is 5.54 Å². The number of benzene rings is 2. The summed E-state index contributed by atoms with van der Waals surface area (Å²) in [5, 5.41) is 3.06. The third-order valence-electron chi connectivity index (χ3n) is 4.90. The van der Waals surface area contributed by atoms with Crippen LogP contribution in [0.3, 0.4) is 0 Å². The number of ether oxygens (including phenoxy) is 1. The van der Waals surface area contributed by atoms with E-state index in [1.807, 2.05) is 55.5 Å². The van der Waals surface area contributed by atoms with Gasteiger partial charge in [-0.2, -0.15) is 0 Å². The molecule has 1 unspecified atom stereocenters. The van der Waals surface area contributed by atoms with Gasteiger partial charge in [-0.05, 0) is 35.3 Å². The third kappa shape index (κ3) is 2.21. The zero-order chi connectivity index (χ0) is 17.4. The Kier molecular flexibility index (Phi) is 3.68. The Hall–Kier alpha value is -2.88. The minimum absolute atomic E-state index is 0.167. The second kappa shape index (κ2) is 5.88. The minimum Gasteiger partial charge on any atom is -0.462 e. The second-order valence-electron chi connectivity index (χ2n) is 6.38. The molecule has 0 aromatic heterocycles. The van der Waals surface area contributed by atoms with Crippen molar-refractivity contribution in [1.82, 2.24) is 5.32 Å². The zero-order valence-corrected chi connectivity index (χ0v) is 14.0. The number of rotatable bonds is 4. The van der Waals surface area contributed by atoms with E-state index in [-0.39, 0.29) is 11.9 Å². The summed E-state index contributed by atoms with van der Waals surface area (Å²) in [6, 6.07) is 15.2. The lowest BCUT2D eigenvalue weighted by Gasteiger charge is -2.29. The maximum Gasteiger partial charge on any atom is 0.337 e. The fourth-order valence-electron chi connectivity index (χ4n) is 3.71. The van der Waals surface area contributed by atoms with Gasteiger partial charge in [-0.15, -0.1) is 0 Å². The first-order valence-electron chi connectivity index (χ1n) is 8.59. The number of carbonyl (C=O) groups excluding carboxylic acids is 2. The average Bonchev–Trinajstić information content (AvgIpc) is 3.12. The van der Waals surface area contributed by atoms with Crippen LogP contribution in [0.15, 0.2) is 54.1 Å². The van der Waals surface area contributed by atoms with Gasteiger partial charge in [0.15, 0.2) is 0 Å². The van der Waals surface area contributed by atoms with Crippen LogP contribution in [0.1, 0.15) is 46.8 Å². The first-order valence-corrected chi connectivity index (χ1v) is 8.59. The molecule has 2 aromatic rings. The molecule has 0 saturated heterocycles. The Labute approximate surface area is 146 Å². The molecule has 1 amide bonds. The van der Waals surface area contributed by atoms with Gasteiger partial charge in [0.25, 0.3) is 5.91 Å². The van der Waals surface area contributed by atoms with E-state index in [2.05, 4.69) is 5.32 Å². The van der Waals surface area contributed by atoms with E-state index >= 15 is 0 Å². The molecule has 4 heteroatoms. The van der Waals surface area contributed by atoms with Crippen molar-refractivity contribution in [3.05, 3.63) is 76.4 Å². The molecule has 25 heavy (non-hydrogen) atoms. The number of esters is 1. The van der Waals surface area contributed by atoms with E-state index in [0.717, 1.165) is 29.5 Å². The third-order valence-corrected chi connectivity index (χ3v) is 4.90. The smallest absolute Gasteiger partial charge is 0.337 e. The molecular weight excluding hydrogens is 314 g/mol. The SMILES string of the molecule is CCCCOC(=O)C1=Cc2ccccc2C12NC(=O)c1ccccc12. The molecule has 126 valence electrons. The van der Waals surface area contributed by atoms with Crippen LogP contribution >= 0.6 is 0 Å². The molecule has 2 aromatic carbocycles. The summed E-state index contributed by atoms with van der Waals surface area (Å²) in [6.07, 6.45) is 3.62. The Bertz CT molecular complexity index is 900. The molecule has 2 aliphatic rings. The highest BCUT2D eigenvalue weighted by Crippen LogP contribution is 2.49. The van der Waals surface area contributed by atoms with Gasteiger partial charge in [0.05, 0.1) is 12.2 Å². The van der Waals surface area contributed by atoms with Crippen molar-refractivity contribution in [2.45, 2.75) is 25.3 Å². The number of unbranched alkanes of at least 4 members (excludes halogenated alkanes) is 1. The van der Waals surface area contributed by atoms with Gasteiger partial charge in [-0.1, -0.05) is 55.8 Å². The average molecular weight is 333 g/mol. The Morgan fingerprint density at radius 1 is 1.08 bits per heavy atom. The van der Waals surface area contributed by atoms with Crippen LogP contribution in [-0.4, -0.2) is 18.5 Å². The van der Waals surface area contributed by atoms with Crippen LogP contribution in [0.25, 0.3) is 6.08 Å². The van der Waals surface area contributed by atoms with E-state index in [1.54, 1.807) is 6.07 Å². The van der Waals surface area contributed by atoms with Crippen molar-refractivity contribution < 1.29 is 14.3 Å². The number of carbonyl (C=O) groups is 2. The lowest BCUT2D eigenvalue weighted by Crippen LogP contribution is -2.43. The van der Waals surface area contributed by atoms with Gasteiger partial charge in [-0.25, -0.2) is 4.79 Å². The van der Waals surface area contributed by atoms with Crippen LogP contribution in [0.5, 0.6) is 0 Å². The molecule has 0 fully saturated rings. The van der Waals surface area contributed by atoms with E-state index in [4.69, 9.17) is 4.74 Å². The maximum absolute atomic E-state index is 12.8. The Morgan fingerprint density at radius 2 is 1.80 bits per heavy atom. The molecule has 1 N–H and O–H groups in total. The van der Waals surface area contributed by atoms with Crippen molar-refractivity contribution in [2.24, 2.45) is 0 Å². The predicted molar refractivity (Wildman–Crippen MR) is 95.0 cm³/mol. The molecule has 1 spiro atoms. The van der Waals surface area contributed by atoms with Gasteiger partial charge in [0, 0.05) is 5.56 Å². The topological polar surface area (TPSA) is 55.4 Å². The van der Waals surface area contributed by atoms with Crippen LogP contribution in [0.2, 0.25) is 0 Å². The van der Waals surface area contributed by atoms with E-state index in [9.17, 15) is 9.59 Å². The standard InChI is InChI=1S/C21H19NO3/c1-2-3-12-25-20(24)18-13-14-8-4-6-10-16(14)21(18)17-11-7-5-9-15(17)19(23)22-21/h4-11,13H,2-3,12H2,1H3,(H,22,23). The molecule has 0 bridgehead atoms. The number of hydrogen-bond donors (Lipinski definition) is 1. The van der Waals surface area contributed by atoms with Crippen molar-refractivity contribution in [3.63, 3.8) is 0 Å². The summed E-state index contributed by atoms with van der Waals surface area (Å²) in [5.74, 6) is -0.541. The molecular formula is C21H19NO3. The summed E-state index contributed by atoms with van der Waals surface area (Å²) in [7, 11) is 0. The maximum atomic E-state index is 12.8. The van der Waals surface area contributed by atoms with Crippen LogP contribution in [0, 0.1) is 0 Å². The summed E-state index contributed by atoms with van der Waals surface area (Å²) >= 11 is 0. The normalized spacial score (nSPS) is 20.0. The molecule has 0 saturated carbocycles. The van der Waals surface area contributed by atoms with Crippen molar-refractivity contribution in [1.29, 1.82) is 0 Å². The van der Waals surface area contributed by atoms with Crippen molar-refractivity contribution >= 4 is 18.0 Å². The largest absolute Gasteiger partial charge is 0.462 e. The highest BCUT2D eigenvalue weighted by molar-refractivity contribution is 6.09. The van der Waals surface area contributed by atoms with Gasteiger partial charge >= 0.3 is 5.97 Å². The second-order valence-corrected chi connectivity index (χ2v) is 6.38. The van der Waals surface area contributed by atoms with Crippen LogP contribution in [-0.2, 0) is 15.1 Å². The van der Waals surface area contributed by atoms with E-state index in [0.29, 0.717) is 17.7 Å². The number of nitrogens with one attached hydrogen (secondary N) is 1. The van der Waals surface area contributed by atoms with Crippen LogP contribution < -0.4 is 5.32 Å². The van der Waals surface area contributed by atoms with Crippen molar-refractivity contribution in [3.8, 4) is 0 Å². The van der Waals surface area contributed by atoms with Crippen LogP contribution in [0.4, 0.5) is 0 Å². The first-order chi connectivity index (χ1) is 12.2. The molecule has 1 aliphatic heterocycles. The lowest BCUT2D eigenvalue weighted by atomic mass is 9.80. The van der Waals surface area contributed by atoms with Gasteiger partial charge < -0.3 is 10.1 Å². The molecule has 1 atom stereocenters. The first kappa shape index (κ1) is 15.6. The molecule has 0 radical (unpaired) electrons. The number of hydrogen-bond acceptors (Lipinski definition) is 3. The quantitative estimate of drug-likeness (QED) is 0.689. The fourth-order valence-corrected chi connectivity index (χ4v) is 3.71. The Morgan fingerprint density at radius 3 is 2.60 bits per heavy atom. The number of amides is 1. The number of fused-ring (bicyclic) bond motifs is 4. The van der Waals surface area contributed by atoms with Gasteiger partial charge in [-0.3, -0.25) is 4.79 Å². The zero-order valence-electron chi connectivity index (χ0n) is 14.0. The van der Waals surface area contributed by atoms with E-state index in [1.165, 1.54) is 0 Å². The molecule has 1 heterocycles. The predicted octanol–water partition coefficient (Wildman–Crippen LogP) is 3.41. The molecule has 1 aliphatic carbocycles. The van der Waals surface area contributed by atoms with Crippen molar-refractivity contribution in [2.75, 3.05) is 6.61 Å². The Balaban J connectivity index is 1.85. The summed E-state index contributed by atoms with van der Waals surface area (Å²) < 4.78 is 5.48. The molecule has 4 rings (SSSR count). The molecule has 4 nitrogen and oxygen atoms in total. The fraction of sp³-hybridized carbons (Fsp3) is 0.238. The summed E-state index contributed by atoms with van der Waals surface area (Å²) in [5.41, 5.74) is 2.78. The van der Waals surface area contributed by atoms with Gasteiger partial charge in [0.2, 0.25) is 0 Å². The summed E-state index contributed by atoms with van der Waals surface area (Å²) in [4.78, 5) is 25.4.